The van der Waals surface area contributed by atoms with Gasteiger partial charge in [-0.05, 0) is 30.3 Å². The first-order valence-electron chi connectivity index (χ1n) is 7.38. The molecule has 0 saturated heterocycles. The van der Waals surface area contributed by atoms with Crippen molar-refractivity contribution in [2.75, 3.05) is 5.32 Å². The van der Waals surface area contributed by atoms with Gasteiger partial charge in [-0.15, -0.1) is 0 Å². The summed E-state index contributed by atoms with van der Waals surface area (Å²) in [4.78, 5) is 12.3. The van der Waals surface area contributed by atoms with Gasteiger partial charge in [0.1, 0.15) is 11.8 Å². The number of hydrogen-bond acceptors (Lipinski definition) is 4. The third-order valence-electron chi connectivity index (χ3n) is 3.36. The number of hydrogen-bond donors (Lipinski definition) is 1. The number of nitriles is 1. The Labute approximate surface area is 149 Å². The number of benzene rings is 2. The van der Waals surface area contributed by atoms with Crippen LogP contribution in [0.1, 0.15) is 16.1 Å². The second-order valence-electron chi connectivity index (χ2n) is 5.06. The molecule has 1 aromatic heterocycles. The van der Waals surface area contributed by atoms with Crippen LogP contribution in [0.5, 0.6) is 5.75 Å². The SMILES string of the molecule is N#Cc1ccccc1NC(=O)c1ccn(COc2ccccc2Cl)n1. The van der Waals surface area contributed by atoms with Crippen molar-refractivity contribution in [3.8, 4) is 11.8 Å². The van der Waals surface area contributed by atoms with Crippen LogP contribution in [0.3, 0.4) is 0 Å². The number of anilines is 1. The molecule has 7 heteroatoms. The van der Waals surface area contributed by atoms with Gasteiger partial charge in [-0.2, -0.15) is 10.4 Å². The van der Waals surface area contributed by atoms with Gasteiger partial charge in [0.05, 0.1) is 16.3 Å². The predicted molar refractivity (Wildman–Crippen MR) is 93.4 cm³/mol. The Bertz CT molecular complexity index is 946. The molecule has 0 aliphatic rings. The number of ether oxygens (including phenoxy) is 1. The fraction of sp³-hybridized carbons (Fsp3) is 0.0556. The maximum atomic E-state index is 12.3. The first-order valence-corrected chi connectivity index (χ1v) is 7.76. The van der Waals surface area contributed by atoms with E-state index in [0.29, 0.717) is 22.0 Å². The Morgan fingerprint density at radius 3 is 2.76 bits per heavy atom. The van der Waals surface area contributed by atoms with E-state index in [9.17, 15) is 4.79 Å². The van der Waals surface area contributed by atoms with Crippen LogP contribution in [0, 0.1) is 11.3 Å². The Kier molecular flexibility index (Phi) is 4.97. The number of carbonyl (C=O) groups excluding carboxylic acids is 1. The fourth-order valence-corrected chi connectivity index (χ4v) is 2.32. The molecule has 6 nitrogen and oxygen atoms in total. The quantitative estimate of drug-likeness (QED) is 0.759. The molecule has 0 atom stereocenters. The summed E-state index contributed by atoms with van der Waals surface area (Å²) >= 11 is 6.02. The zero-order chi connectivity index (χ0) is 17.6. The van der Waals surface area contributed by atoms with E-state index in [1.807, 2.05) is 18.2 Å². The minimum Gasteiger partial charge on any atom is -0.470 e. The van der Waals surface area contributed by atoms with Crippen molar-refractivity contribution >= 4 is 23.2 Å². The highest BCUT2D eigenvalue weighted by atomic mass is 35.5. The molecule has 3 rings (SSSR count). The summed E-state index contributed by atoms with van der Waals surface area (Å²) in [6, 6.07) is 17.5. The predicted octanol–water partition coefficient (Wildman–Crippen LogP) is 3.70. The second kappa shape index (κ2) is 7.51. The van der Waals surface area contributed by atoms with Crippen molar-refractivity contribution in [3.05, 3.63) is 77.1 Å². The highest BCUT2D eigenvalue weighted by Gasteiger charge is 2.12. The third kappa shape index (κ3) is 3.97. The molecule has 0 bridgehead atoms. The van der Waals surface area contributed by atoms with Crippen LogP contribution < -0.4 is 10.1 Å². The molecule has 25 heavy (non-hydrogen) atoms. The number of rotatable bonds is 5. The Hall–Kier alpha value is -3.30. The number of nitrogens with one attached hydrogen (secondary N) is 1. The number of halogens is 1. The molecule has 0 radical (unpaired) electrons. The lowest BCUT2D eigenvalue weighted by Crippen LogP contribution is -2.15. The van der Waals surface area contributed by atoms with Gasteiger partial charge in [-0.1, -0.05) is 35.9 Å². The van der Waals surface area contributed by atoms with E-state index in [0.717, 1.165) is 0 Å². The van der Waals surface area contributed by atoms with Crippen molar-refractivity contribution in [1.82, 2.24) is 9.78 Å². The molecule has 0 spiro atoms. The Morgan fingerprint density at radius 2 is 1.96 bits per heavy atom. The molecule has 1 heterocycles. The van der Waals surface area contributed by atoms with E-state index in [-0.39, 0.29) is 12.4 Å². The largest absolute Gasteiger partial charge is 0.470 e. The van der Waals surface area contributed by atoms with Gasteiger partial charge < -0.3 is 10.1 Å². The minimum atomic E-state index is -0.404. The maximum Gasteiger partial charge on any atom is 0.276 e. The van der Waals surface area contributed by atoms with Crippen LogP contribution in [0.4, 0.5) is 5.69 Å². The molecule has 0 aliphatic carbocycles. The van der Waals surface area contributed by atoms with Gasteiger partial charge in [0.15, 0.2) is 12.4 Å². The molecule has 1 N–H and O–H groups in total. The van der Waals surface area contributed by atoms with Crippen molar-refractivity contribution in [2.45, 2.75) is 6.73 Å². The molecule has 0 fully saturated rings. The van der Waals surface area contributed by atoms with Gasteiger partial charge in [0.25, 0.3) is 5.91 Å². The van der Waals surface area contributed by atoms with Crippen molar-refractivity contribution < 1.29 is 9.53 Å². The molecule has 0 aliphatic heterocycles. The van der Waals surface area contributed by atoms with Crippen LogP contribution in [-0.4, -0.2) is 15.7 Å². The monoisotopic (exact) mass is 352 g/mol. The van der Waals surface area contributed by atoms with Crippen molar-refractivity contribution in [3.63, 3.8) is 0 Å². The van der Waals surface area contributed by atoms with E-state index in [4.69, 9.17) is 21.6 Å². The average molecular weight is 353 g/mol. The normalized spacial score (nSPS) is 10.1. The summed E-state index contributed by atoms with van der Waals surface area (Å²) in [7, 11) is 0. The van der Waals surface area contributed by atoms with Crippen molar-refractivity contribution in [2.24, 2.45) is 0 Å². The maximum absolute atomic E-state index is 12.3. The summed E-state index contributed by atoms with van der Waals surface area (Å²) < 4.78 is 7.05. The summed E-state index contributed by atoms with van der Waals surface area (Å²) in [6.45, 7) is 0.117. The van der Waals surface area contributed by atoms with Crippen LogP contribution in [0.2, 0.25) is 5.02 Å². The number of amides is 1. The standard InChI is InChI=1S/C18H13ClN4O2/c19-14-6-2-4-8-17(14)25-12-23-10-9-16(22-23)18(24)21-15-7-3-1-5-13(15)11-20/h1-10H,12H2,(H,21,24). The highest BCUT2D eigenvalue weighted by molar-refractivity contribution is 6.32. The summed E-state index contributed by atoms with van der Waals surface area (Å²) in [6.07, 6.45) is 1.63. The van der Waals surface area contributed by atoms with Gasteiger partial charge in [-0.3, -0.25) is 4.79 Å². The fourth-order valence-electron chi connectivity index (χ4n) is 2.13. The minimum absolute atomic E-state index is 0.117. The smallest absolute Gasteiger partial charge is 0.276 e. The van der Waals surface area contributed by atoms with Crippen LogP contribution >= 0.6 is 11.6 Å². The van der Waals surface area contributed by atoms with E-state index >= 15 is 0 Å². The van der Waals surface area contributed by atoms with Gasteiger partial charge >= 0.3 is 0 Å². The van der Waals surface area contributed by atoms with E-state index < -0.39 is 5.91 Å². The lowest BCUT2D eigenvalue weighted by Gasteiger charge is -2.07. The zero-order valence-electron chi connectivity index (χ0n) is 13.0. The number of carbonyl (C=O) groups is 1. The highest BCUT2D eigenvalue weighted by Crippen LogP contribution is 2.23. The molecular formula is C18H13ClN4O2. The summed E-state index contributed by atoms with van der Waals surface area (Å²) in [5.41, 5.74) is 1.05. The lowest BCUT2D eigenvalue weighted by molar-refractivity contribution is 0.102. The van der Waals surface area contributed by atoms with Crippen LogP contribution in [-0.2, 0) is 6.73 Å². The molecule has 124 valence electrons. The topological polar surface area (TPSA) is 79.9 Å². The van der Waals surface area contributed by atoms with Gasteiger partial charge in [-0.25, -0.2) is 4.68 Å². The Balaban J connectivity index is 1.66. The second-order valence-corrected chi connectivity index (χ2v) is 5.46. The first kappa shape index (κ1) is 16.6. The van der Waals surface area contributed by atoms with E-state index in [1.165, 1.54) is 4.68 Å². The molecule has 0 saturated carbocycles. The van der Waals surface area contributed by atoms with Gasteiger partial charge in [0.2, 0.25) is 0 Å². The molecule has 0 unspecified atom stereocenters. The van der Waals surface area contributed by atoms with Crippen molar-refractivity contribution in [1.29, 1.82) is 5.26 Å². The molecule has 1 amide bonds. The zero-order valence-corrected chi connectivity index (χ0v) is 13.8. The number of para-hydroxylation sites is 2. The van der Waals surface area contributed by atoms with E-state index in [2.05, 4.69) is 10.4 Å². The van der Waals surface area contributed by atoms with Gasteiger partial charge in [0, 0.05) is 6.20 Å². The Morgan fingerprint density at radius 1 is 1.20 bits per heavy atom. The average Bonchev–Trinajstić information content (AvgIpc) is 3.11. The van der Waals surface area contributed by atoms with E-state index in [1.54, 1.807) is 48.7 Å². The first-order chi connectivity index (χ1) is 12.2. The number of aromatic nitrogens is 2. The molecular weight excluding hydrogens is 340 g/mol. The summed E-state index contributed by atoms with van der Waals surface area (Å²) in [5, 5.41) is 16.4. The molecule has 2 aromatic carbocycles. The summed E-state index contributed by atoms with van der Waals surface area (Å²) in [5.74, 6) is 0.132. The third-order valence-corrected chi connectivity index (χ3v) is 3.67. The van der Waals surface area contributed by atoms with Crippen LogP contribution in [0.15, 0.2) is 60.8 Å². The molecule has 3 aromatic rings. The lowest BCUT2D eigenvalue weighted by atomic mass is 10.2. The van der Waals surface area contributed by atoms with Crippen LogP contribution in [0.25, 0.3) is 0 Å². The number of nitrogens with zero attached hydrogens (tertiary/aromatic N) is 3.